The Morgan fingerprint density at radius 1 is 1.43 bits per heavy atom. The van der Waals surface area contributed by atoms with Crippen molar-refractivity contribution < 1.29 is 4.79 Å². The molecule has 0 bridgehead atoms. The van der Waals surface area contributed by atoms with Gasteiger partial charge < -0.3 is 11.1 Å². The van der Waals surface area contributed by atoms with Gasteiger partial charge in [-0.25, -0.2) is 0 Å². The molecule has 1 aliphatic carbocycles. The number of aromatic nitrogens is 2. The van der Waals surface area contributed by atoms with Gasteiger partial charge in [-0.2, -0.15) is 9.78 Å². The molecule has 1 aromatic carbocycles. The first kappa shape index (κ1) is 14.1. The highest BCUT2D eigenvalue weighted by molar-refractivity contribution is 5.91. The zero-order valence-electron chi connectivity index (χ0n) is 13.2. The molecule has 0 amide bonds. The van der Waals surface area contributed by atoms with Crippen LogP contribution >= 0.6 is 0 Å². The fourth-order valence-electron chi connectivity index (χ4n) is 3.57. The number of rotatable bonds is 1. The lowest BCUT2D eigenvalue weighted by atomic mass is 9.88. The van der Waals surface area contributed by atoms with E-state index >= 15 is 0 Å². The summed E-state index contributed by atoms with van der Waals surface area (Å²) in [6, 6.07) is 6.09. The van der Waals surface area contributed by atoms with Gasteiger partial charge in [0.2, 0.25) is 0 Å². The third kappa shape index (κ3) is 2.15. The molecule has 0 radical (unpaired) electrons. The van der Waals surface area contributed by atoms with Crippen LogP contribution in [-0.4, -0.2) is 22.2 Å². The molecule has 0 unspecified atom stereocenters. The second-order valence-electron chi connectivity index (χ2n) is 6.24. The first-order valence-electron chi connectivity index (χ1n) is 8.08. The Morgan fingerprint density at radius 2 is 2.30 bits per heavy atom. The number of carbonyl (C=O) groups is 1. The summed E-state index contributed by atoms with van der Waals surface area (Å²) in [7, 11) is 0. The SMILES string of the molecule is Cc1cccc2c1NCC[C@@H]2C(=O)n1nc2c(c1N)C=CCC2. The van der Waals surface area contributed by atoms with Crippen molar-refractivity contribution in [1.29, 1.82) is 0 Å². The Labute approximate surface area is 135 Å². The van der Waals surface area contributed by atoms with Gasteiger partial charge in [0, 0.05) is 17.8 Å². The second kappa shape index (κ2) is 5.26. The van der Waals surface area contributed by atoms with E-state index in [1.165, 1.54) is 4.68 Å². The number of aryl methyl sites for hydroxylation is 2. The number of nitrogen functional groups attached to an aromatic ring is 1. The Balaban J connectivity index is 1.76. The smallest absolute Gasteiger partial charge is 0.256 e. The van der Waals surface area contributed by atoms with Gasteiger partial charge in [0.1, 0.15) is 5.82 Å². The van der Waals surface area contributed by atoms with Gasteiger partial charge >= 0.3 is 0 Å². The molecule has 4 rings (SSSR count). The molecule has 2 heterocycles. The molecule has 1 aromatic heterocycles. The second-order valence-corrected chi connectivity index (χ2v) is 6.24. The minimum absolute atomic E-state index is 0.0290. The number of nitrogens with one attached hydrogen (secondary N) is 1. The van der Waals surface area contributed by atoms with Crippen LogP contribution < -0.4 is 11.1 Å². The Hall–Kier alpha value is -2.56. The summed E-state index contributed by atoms with van der Waals surface area (Å²) in [5.41, 5.74) is 11.3. The molecule has 23 heavy (non-hydrogen) atoms. The monoisotopic (exact) mass is 308 g/mol. The third-order valence-corrected chi connectivity index (χ3v) is 4.79. The van der Waals surface area contributed by atoms with Crippen LogP contribution in [0.1, 0.15) is 45.9 Å². The van der Waals surface area contributed by atoms with Gasteiger partial charge in [-0.3, -0.25) is 4.79 Å². The van der Waals surface area contributed by atoms with E-state index in [9.17, 15) is 4.79 Å². The molecule has 5 heteroatoms. The van der Waals surface area contributed by atoms with Crippen LogP contribution in [0.3, 0.4) is 0 Å². The third-order valence-electron chi connectivity index (χ3n) is 4.79. The average Bonchev–Trinajstić information content (AvgIpc) is 2.92. The highest BCUT2D eigenvalue weighted by Gasteiger charge is 2.31. The van der Waals surface area contributed by atoms with Crippen molar-refractivity contribution in [3.8, 4) is 0 Å². The summed E-state index contributed by atoms with van der Waals surface area (Å²) in [4.78, 5) is 13.1. The van der Waals surface area contributed by atoms with Gasteiger partial charge in [0.15, 0.2) is 0 Å². The standard InChI is InChI=1S/C18H20N4O/c1-11-5-4-7-12-13(9-10-20-16(11)12)18(23)22-17(19)14-6-2-3-8-15(14)21-22/h2,4-7,13,20H,3,8-10,19H2,1H3/t13-/m0/s1. The fraction of sp³-hybridized carbons (Fsp3) is 0.333. The van der Waals surface area contributed by atoms with Crippen molar-refractivity contribution in [3.05, 3.63) is 46.7 Å². The normalized spacial score (nSPS) is 18.9. The summed E-state index contributed by atoms with van der Waals surface area (Å²) in [6.07, 6.45) is 6.62. The number of benzene rings is 1. The van der Waals surface area contributed by atoms with Crippen molar-refractivity contribution in [2.45, 2.75) is 32.1 Å². The first-order valence-corrected chi connectivity index (χ1v) is 8.08. The molecule has 1 aliphatic heterocycles. The largest absolute Gasteiger partial charge is 0.385 e. The molecule has 0 saturated carbocycles. The highest BCUT2D eigenvalue weighted by atomic mass is 16.2. The van der Waals surface area contributed by atoms with Gasteiger partial charge in [0.05, 0.1) is 11.6 Å². The summed E-state index contributed by atoms with van der Waals surface area (Å²) in [6.45, 7) is 2.85. The van der Waals surface area contributed by atoms with Gasteiger partial charge in [-0.1, -0.05) is 30.4 Å². The Kier molecular flexibility index (Phi) is 3.22. The maximum Gasteiger partial charge on any atom is 0.256 e. The van der Waals surface area contributed by atoms with E-state index in [0.717, 1.165) is 53.9 Å². The maximum absolute atomic E-state index is 13.1. The molecule has 0 saturated heterocycles. The number of anilines is 2. The lowest BCUT2D eigenvalue weighted by Gasteiger charge is -2.27. The molecule has 0 spiro atoms. The van der Waals surface area contributed by atoms with E-state index < -0.39 is 0 Å². The number of fused-ring (bicyclic) bond motifs is 2. The molecule has 5 nitrogen and oxygen atoms in total. The Bertz CT molecular complexity index is 819. The van der Waals surface area contributed by atoms with Crippen molar-refractivity contribution in [1.82, 2.24) is 9.78 Å². The highest BCUT2D eigenvalue weighted by Crippen LogP contribution is 2.36. The number of para-hydroxylation sites is 1. The number of hydrogen-bond acceptors (Lipinski definition) is 4. The molecule has 1 atom stereocenters. The molecular weight excluding hydrogens is 288 g/mol. The van der Waals surface area contributed by atoms with Crippen molar-refractivity contribution in [2.24, 2.45) is 0 Å². The van der Waals surface area contributed by atoms with Crippen LogP contribution in [0.25, 0.3) is 6.08 Å². The number of allylic oxidation sites excluding steroid dienone is 1. The van der Waals surface area contributed by atoms with Gasteiger partial charge in [-0.15, -0.1) is 0 Å². The van der Waals surface area contributed by atoms with Crippen LogP contribution in [-0.2, 0) is 6.42 Å². The number of nitrogens with zero attached hydrogens (tertiary/aromatic N) is 2. The van der Waals surface area contributed by atoms with Crippen LogP contribution in [0.2, 0.25) is 0 Å². The fourth-order valence-corrected chi connectivity index (χ4v) is 3.57. The van der Waals surface area contributed by atoms with Crippen LogP contribution in [0.5, 0.6) is 0 Å². The average molecular weight is 308 g/mol. The Morgan fingerprint density at radius 3 is 3.13 bits per heavy atom. The quantitative estimate of drug-likeness (QED) is 0.849. The maximum atomic E-state index is 13.1. The lowest BCUT2D eigenvalue weighted by molar-refractivity contribution is 0.0859. The minimum atomic E-state index is -0.196. The molecule has 2 aliphatic rings. The molecular formula is C18H20N4O. The van der Waals surface area contributed by atoms with Gasteiger partial charge in [0.25, 0.3) is 5.91 Å². The first-order chi connectivity index (χ1) is 11.2. The number of carbonyl (C=O) groups excluding carboxylic acids is 1. The predicted octanol–water partition coefficient (Wildman–Crippen LogP) is 2.97. The summed E-state index contributed by atoms with van der Waals surface area (Å²) >= 11 is 0. The molecule has 3 N–H and O–H groups in total. The van der Waals surface area contributed by atoms with Crippen molar-refractivity contribution >= 4 is 23.5 Å². The van der Waals surface area contributed by atoms with E-state index in [0.29, 0.717) is 5.82 Å². The number of hydrogen-bond donors (Lipinski definition) is 2. The van der Waals surface area contributed by atoms with Crippen LogP contribution in [0, 0.1) is 6.92 Å². The molecule has 2 aromatic rings. The predicted molar refractivity (Wildman–Crippen MR) is 91.6 cm³/mol. The van der Waals surface area contributed by atoms with Crippen molar-refractivity contribution in [2.75, 3.05) is 17.6 Å². The molecule has 0 fully saturated rings. The van der Waals surface area contributed by atoms with Crippen LogP contribution in [0.4, 0.5) is 11.5 Å². The van der Waals surface area contributed by atoms with E-state index in [4.69, 9.17) is 5.73 Å². The van der Waals surface area contributed by atoms with E-state index in [1.54, 1.807) is 0 Å². The van der Waals surface area contributed by atoms with E-state index in [2.05, 4.69) is 29.5 Å². The topological polar surface area (TPSA) is 72.9 Å². The van der Waals surface area contributed by atoms with Crippen molar-refractivity contribution in [3.63, 3.8) is 0 Å². The zero-order chi connectivity index (χ0) is 16.0. The van der Waals surface area contributed by atoms with Gasteiger partial charge in [-0.05, 0) is 37.3 Å². The summed E-state index contributed by atoms with van der Waals surface area (Å²) < 4.78 is 1.42. The zero-order valence-corrected chi connectivity index (χ0v) is 13.2. The summed E-state index contributed by atoms with van der Waals surface area (Å²) in [5, 5.41) is 7.90. The summed E-state index contributed by atoms with van der Waals surface area (Å²) in [5.74, 6) is 0.242. The lowest BCUT2D eigenvalue weighted by Crippen LogP contribution is -2.28. The molecule has 118 valence electrons. The minimum Gasteiger partial charge on any atom is -0.385 e. The van der Waals surface area contributed by atoms with E-state index in [1.807, 2.05) is 18.2 Å². The number of nitrogens with two attached hydrogens (primary N) is 1. The van der Waals surface area contributed by atoms with Crippen LogP contribution in [0.15, 0.2) is 24.3 Å². The van der Waals surface area contributed by atoms with E-state index in [-0.39, 0.29) is 11.8 Å².